The molecule has 2 saturated carbocycles. The third-order valence-corrected chi connectivity index (χ3v) is 7.14. The lowest BCUT2D eigenvalue weighted by Crippen LogP contribution is -2.33. The van der Waals surface area contributed by atoms with Gasteiger partial charge in [0, 0.05) is 24.7 Å². The number of ether oxygens (including phenoxy) is 2. The van der Waals surface area contributed by atoms with Crippen molar-refractivity contribution in [3.05, 3.63) is 23.8 Å². The molecule has 1 unspecified atom stereocenters. The molecule has 6 heteroatoms. The zero-order valence-corrected chi connectivity index (χ0v) is 21.3. The Hall–Kier alpha value is -2.10. The van der Waals surface area contributed by atoms with E-state index in [-0.39, 0.29) is 36.2 Å². The molecule has 2 N–H and O–H groups in total. The van der Waals surface area contributed by atoms with Crippen LogP contribution in [0, 0.1) is 41.4 Å². The minimum absolute atomic E-state index is 0.0622. The predicted molar refractivity (Wildman–Crippen MR) is 131 cm³/mol. The van der Waals surface area contributed by atoms with Crippen molar-refractivity contribution in [1.82, 2.24) is 0 Å². The summed E-state index contributed by atoms with van der Waals surface area (Å²) in [6.45, 7) is 7.42. The molecule has 0 heterocycles. The van der Waals surface area contributed by atoms with Crippen molar-refractivity contribution in [2.24, 2.45) is 29.6 Å². The summed E-state index contributed by atoms with van der Waals surface area (Å²) in [5.41, 5.74) is 1.38. The summed E-state index contributed by atoms with van der Waals surface area (Å²) in [5.74, 6) is 5.83. The van der Waals surface area contributed by atoms with Gasteiger partial charge in [-0.1, -0.05) is 44.6 Å². The molecule has 7 atom stereocenters. The Morgan fingerprint density at radius 2 is 1.97 bits per heavy atom. The lowest BCUT2D eigenvalue weighted by molar-refractivity contribution is -0.169. The molecule has 0 aliphatic heterocycles. The second-order valence-corrected chi connectivity index (χ2v) is 10.1. The topological polar surface area (TPSA) is 93.1 Å². The van der Waals surface area contributed by atoms with Gasteiger partial charge in [0.15, 0.2) is 0 Å². The van der Waals surface area contributed by atoms with Gasteiger partial charge in [-0.25, -0.2) is 4.79 Å². The number of aliphatic hydroxyl groups is 2. The van der Waals surface area contributed by atoms with Crippen LogP contribution in [0.3, 0.4) is 0 Å². The summed E-state index contributed by atoms with van der Waals surface area (Å²) in [7, 11) is 1.29. The molecule has 2 fully saturated rings. The van der Waals surface area contributed by atoms with Crippen LogP contribution in [0.4, 0.5) is 0 Å². The molecule has 0 aromatic carbocycles. The molecule has 190 valence electrons. The van der Waals surface area contributed by atoms with Gasteiger partial charge in [0.25, 0.3) is 0 Å². The molecule has 0 aromatic rings. The van der Waals surface area contributed by atoms with Crippen molar-refractivity contribution in [3.8, 4) is 11.8 Å². The molecule has 34 heavy (non-hydrogen) atoms. The zero-order valence-electron chi connectivity index (χ0n) is 21.3. The quantitative estimate of drug-likeness (QED) is 0.202. The van der Waals surface area contributed by atoms with Gasteiger partial charge in [0.1, 0.15) is 0 Å². The number of unbranched alkanes of at least 4 members (excludes halogenated alkanes) is 1. The summed E-state index contributed by atoms with van der Waals surface area (Å²) in [4.78, 5) is 23.9. The van der Waals surface area contributed by atoms with E-state index in [1.54, 1.807) is 6.92 Å². The van der Waals surface area contributed by atoms with Gasteiger partial charge in [-0.05, 0) is 56.8 Å². The number of rotatable bonds is 11. The van der Waals surface area contributed by atoms with Crippen LogP contribution < -0.4 is 0 Å². The van der Waals surface area contributed by atoms with Crippen molar-refractivity contribution < 1.29 is 29.3 Å². The number of carbonyl (C=O) groups excluding carboxylic acids is 2. The van der Waals surface area contributed by atoms with Crippen molar-refractivity contribution in [3.63, 3.8) is 0 Å². The number of carbonyl (C=O) groups is 2. The summed E-state index contributed by atoms with van der Waals surface area (Å²) in [6.07, 6.45) is 9.40. The average molecular weight is 475 g/mol. The van der Waals surface area contributed by atoms with Gasteiger partial charge >= 0.3 is 11.9 Å². The molecule has 2 rings (SSSR count). The Labute approximate surface area is 204 Å². The second-order valence-electron chi connectivity index (χ2n) is 10.1. The largest absolute Gasteiger partial charge is 0.466 e. The molecule has 0 bridgehead atoms. The predicted octanol–water partition coefficient (Wildman–Crippen LogP) is 4.20. The Bertz CT molecular complexity index is 801. The first kappa shape index (κ1) is 28.1. The third kappa shape index (κ3) is 7.99. The highest BCUT2D eigenvalue weighted by Crippen LogP contribution is 2.50. The van der Waals surface area contributed by atoms with Crippen LogP contribution in [0.15, 0.2) is 23.8 Å². The number of methoxy groups -OCH3 is 1. The monoisotopic (exact) mass is 474 g/mol. The van der Waals surface area contributed by atoms with Crippen LogP contribution in [0.5, 0.6) is 0 Å². The Balaban J connectivity index is 1.82. The van der Waals surface area contributed by atoms with E-state index in [4.69, 9.17) is 9.47 Å². The number of hydrogen-bond acceptors (Lipinski definition) is 6. The van der Waals surface area contributed by atoms with Gasteiger partial charge in [-0.15, -0.1) is 11.8 Å². The maximum absolute atomic E-state index is 12.1. The van der Waals surface area contributed by atoms with Gasteiger partial charge in [-0.2, -0.15) is 0 Å². The second kappa shape index (κ2) is 13.7. The van der Waals surface area contributed by atoms with Gasteiger partial charge in [0.05, 0.1) is 19.3 Å². The molecular weight excluding hydrogens is 432 g/mol. The first-order valence-electron chi connectivity index (χ1n) is 12.6. The molecule has 0 amide bonds. The highest BCUT2D eigenvalue weighted by molar-refractivity contribution is 5.79. The van der Waals surface area contributed by atoms with Crippen LogP contribution in [0.2, 0.25) is 0 Å². The highest BCUT2D eigenvalue weighted by Gasteiger charge is 2.45. The molecule has 0 radical (unpaired) electrons. The van der Waals surface area contributed by atoms with Crippen LogP contribution in [-0.2, 0) is 19.1 Å². The van der Waals surface area contributed by atoms with Crippen molar-refractivity contribution in [2.45, 2.75) is 91.0 Å². The third-order valence-electron chi connectivity index (χ3n) is 7.14. The summed E-state index contributed by atoms with van der Waals surface area (Å²) < 4.78 is 10.0. The number of fused-ring (bicyclic) bond motifs is 1. The summed E-state index contributed by atoms with van der Waals surface area (Å²) in [5, 5.41) is 20.9. The first-order chi connectivity index (χ1) is 16.2. The SMILES string of the molecule is CC#CCC(C)[C@H](O)/C=C/[C@@H]1[C@H]2C/C(=C\CCCC(=O)O[C@H](C(=O)OC)C(C)C)C[C@H]2C[C@H]1O. The van der Waals surface area contributed by atoms with Gasteiger partial charge in [0.2, 0.25) is 6.10 Å². The standard InChI is InChI=1S/C28H42O6/c1-6-7-10-19(4)24(29)14-13-22-23-16-20(15-21(23)17-25(22)30)11-8-9-12-26(31)34-27(18(2)3)28(32)33-5/h11,13-14,18-19,21-25,27,29-30H,8-10,12,15-17H2,1-5H3/b14-13+,20-11-/t19?,21-,22+,23-,24+,25+,27-/m0/s1. The number of aliphatic hydroxyl groups excluding tert-OH is 2. The van der Waals surface area contributed by atoms with Gasteiger partial charge in [-0.3, -0.25) is 4.79 Å². The Kier molecular flexibility index (Phi) is 11.3. The normalized spacial score (nSPS) is 27.8. The van der Waals surface area contributed by atoms with Crippen molar-refractivity contribution >= 4 is 11.9 Å². The maximum Gasteiger partial charge on any atom is 0.347 e. The fourth-order valence-electron chi connectivity index (χ4n) is 5.08. The number of hydrogen-bond donors (Lipinski definition) is 2. The van der Waals surface area contributed by atoms with Crippen LogP contribution in [0.25, 0.3) is 0 Å². The smallest absolute Gasteiger partial charge is 0.347 e. The number of esters is 2. The van der Waals surface area contributed by atoms with Crippen molar-refractivity contribution in [1.29, 1.82) is 0 Å². The molecule has 0 saturated heterocycles. The van der Waals surface area contributed by atoms with E-state index in [0.29, 0.717) is 24.7 Å². The molecular formula is C28H42O6. The minimum Gasteiger partial charge on any atom is -0.466 e. The zero-order chi connectivity index (χ0) is 25.3. The fraction of sp³-hybridized carbons (Fsp3) is 0.714. The Morgan fingerprint density at radius 1 is 1.24 bits per heavy atom. The Morgan fingerprint density at radius 3 is 2.62 bits per heavy atom. The molecule has 6 nitrogen and oxygen atoms in total. The lowest BCUT2D eigenvalue weighted by atomic mass is 9.89. The highest BCUT2D eigenvalue weighted by atomic mass is 16.6. The van der Waals surface area contributed by atoms with E-state index >= 15 is 0 Å². The molecule has 0 spiro atoms. The van der Waals surface area contributed by atoms with Gasteiger partial charge < -0.3 is 19.7 Å². The average Bonchev–Trinajstić information content (AvgIpc) is 3.32. The first-order valence-corrected chi connectivity index (χ1v) is 12.6. The summed E-state index contributed by atoms with van der Waals surface area (Å²) in [6, 6.07) is 0. The number of allylic oxidation sites excluding steroid dienone is 2. The van der Waals surface area contributed by atoms with E-state index in [0.717, 1.165) is 25.7 Å². The van der Waals surface area contributed by atoms with E-state index in [9.17, 15) is 19.8 Å². The lowest BCUT2D eigenvalue weighted by Gasteiger charge is -2.19. The molecule has 2 aliphatic carbocycles. The fourth-order valence-corrected chi connectivity index (χ4v) is 5.08. The molecule has 0 aromatic heterocycles. The van der Waals surface area contributed by atoms with E-state index in [1.165, 1.54) is 12.7 Å². The minimum atomic E-state index is -0.859. The van der Waals surface area contributed by atoms with E-state index in [2.05, 4.69) is 17.9 Å². The van der Waals surface area contributed by atoms with E-state index < -0.39 is 18.2 Å². The van der Waals surface area contributed by atoms with Crippen LogP contribution >= 0.6 is 0 Å². The van der Waals surface area contributed by atoms with Crippen molar-refractivity contribution in [2.75, 3.05) is 7.11 Å². The van der Waals surface area contributed by atoms with Crippen LogP contribution in [-0.4, -0.2) is 47.6 Å². The van der Waals surface area contributed by atoms with Crippen LogP contribution in [0.1, 0.15) is 72.6 Å². The maximum atomic E-state index is 12.1. The van der Waals surface area contributed by atoms with E-state index in [1.807, 2.05) is 32.9 Å². The molecule has 2 aliphatic rings. The summed E-state index contributed by atoms with van der Waals surface area (Å²) >= 11 is 0.